The van der Waals surface area contributed by atoms with Gasteiger partial charge in [-0.05, 0) is 45.0 Å². The molecule has 7 heteroatoms. The summed E-state index contributed by atoms with van der Waals surface area (Å²) in [7, 11) is 0. The van der Waals surface area contributed by atoms with Crippen molar-refractivity contribution in [2.75, 3.05) is 0 Å². The van der Waals surface area contributed by atoms with Crippen molar-refractivity contribution in [1.29, 1.82) is 0 Å². The number of carbonyl (C=O) groups excluding carboxylic acids is 3. The Labute approximate surface area is 162 Å². The second-order valence-electron chi connectivity index (χ2n) is 5.96. The van der Waals surface area contributed by atoms with Crippen LogP contribution < -0.4 is 10.9 Å². The van der Waals surface area contributed by atoms with E-state index in [2.05, 4.69) is 10.9 Å². The van der Waals surface area contributed by atoms with Crippen LogP contribution in [0.5, 0.6) is 0 Å². The normalized spacial score (nSPS) is 12.6. The summed E-state index contributed by atoms with van der Waals surface area (Å²) in [6.07, 6.45) is -1.03. The number of hydrogen-bond donors (Lipinski definition) is 2. The number of hydrogen-bond acceptors (Lipinski definition) is 5. The van der Waals surface area contributed by atoms with E-state index in [0.717, 1.165) is 10.5 Å². The van der Waals surface area contributed by atoms with E-state index in [9.17, 15) is 14.4 Å². The molecule has 0 radical (unpaired) electrons. The Balaban J connectivity index is 1.79. The molecule has 2 N–H and O–H groups in total. The van der Waals surface area contributed by atoms with Gasteiger partial charge in [-0.25, -0.2) is 0 Å². The van der Waals surface area contributed by atoms with Crippen molar-refractivity contribution in [3.8, 4) is 0 Å². The molecule has 0 saturated carbocycles. The molecular weight excluding hydrogens is 364 g/mol. The number of amides is 2. The molecule has 0 aromatic heterocycles. The van der Waals surface area contributed by atoms with Gasteiger partial charge in [0.15, 0.2) is 6.10 Å². The van der Waals surface area contributed by atoms with Crippen LogP contribution in [0.2, 0.25) is 0 Å². The van der Waals surface area contributed by atoms with Gasteiger partial charge in [-0.2, -0.15) is 0 Å². The van der Waals surface area contributed by atoms with Crippen LogP contribution in [-0.2, 0) is 14.3 Å². The van der Waals surface area contributed by atoms with Crippen LogP contribution in [0, 0.1) is 6.92 Å². The molecule has 0 aliphatic carbocycles. The van der Waals surface area contributed by atoms with Gasteiger partial charge in [0.1, 0.15) is 5.25 Å². The summed E-state index contributed by atoms with van der Waals surface area (Å²) in [5, 5.41) is -0.470. The van der Waals surface area contributed by atoms with Crippen LogP contribution in [0.1, 0.15) is 29.8 Å². The topological polar surface area (TPSA) is 84.5 Å². The lowest BCUT2D eigenvalue weighted by Gasteiger charge is -2.17. The van der Waals surface area contributed by atoms with Gasteiger partial charge in [0.2, 0.25) is 0 Å². The molecule has 27 heavy (non-hydrogen) atoms. The first-order chi connectivity index (χ1) is 12.9. The lowest BCUT2D eigenvalue weighted by Crippen LogP contribution is -2.47. The summed E-state index contributed by atoms with van der Waals surface area (Å²) in [5.74, 6) is -1.57. The first-order valence-electron chi connectivity index (χ1n) is 8.46. The van der Waals surface area contributed by atoms with Gasteiger partial charge in [0.05, 0.1) is 0 Å². The van der Waals surface area contributed by atoms with Crippen molar-refractivity contribution >= 4 is 29.5 Å². The summed E-state index contributed by atoms with van der Waals surface area (Å²) < 4.78 is 5.18. The number of benzene rings is 2. The van der Waals surface area contributed by atoms with Crippen molar-refractivity contribution in [2.24, 2.45) is 0 Å². The quantitative estimate of drug-likeness (QED) is 0.453. The number of ether oxygens (including phenoxy) is 1. The third kappa shape index (κ3) is 6.45. The van der Waals surface area contributed by atoms with Crippen molar-refractivity contribution in [2.45, 2.75) is 37.0 Å². The highest BCUT2D eigenvalue weighted by Gasteiger charge is 2.23. The van der Waals surface area contributed by atoms with Crippen LogP contribution in [0.3, 0.4) is 0 Å². The maximum Gasteiger partial charge on any atom is 0.319 e. The van der Waals surface area contributed by atoms with E-state index < -0.39 is 29.1 Å². The third-order valence-electron chi connectivity index (χ3n) is 3.66. The zero-order valence-electron chi connectivity index (χ0n) is 15.4. The van der Waals surface area contributed by atoms with E-state index in [1.807, 2.05) is 31.2 Å². The van der Waals surface area contributed by atoms with E-state index in [-0.39, 0.29) is 0 Å². The molecule has 142 valence electrons. The maximum absolute atomic E-state index is 12.2. The molecule has 0 unspecified atom stereocenters. The minimum Gasteiger partial charge on any atom is -0.452 e. The van der Waals surface area contributed by atoms with Crippen molar-refractivity contribution < 1.29 is 19.1 Å². The van der Waals surface area contributed by atoms with E-state index in [0.29, 0.717) is 5.56 Å². The van der Waals surface area contributed by atoms with Crippen LogP contribution in [0.25, 0.3) is 0 Å². The zero-order chi connectivity index (χ0) is 19.8. The van der Waals surface area contributed by atoms with Gasteiger partial charge < -0.3 is 4.74 Å². The molecule has 2 atom stereocenters. The highest BCUT2D eigenvalue weighted by molar-refractivity contribution is 8.00. The Kier molecular flexibility index (Phi) is 7.43. The molecule has 0 saturated heterocycles. The molecule has 2 aromatic rings. The number of hydrazine groups is 1. The van der Waals surface area contributed by atoms with Gasteiger partial charge in [0.25, 0.3) is 11.8 Å². The van der Waals surface area contributed by atoms with Crippen LogP contribution in [0.15, 0.2) is 59.5 Å². The fraction of sp³-hybridized carbons (Fsp3) is 0.250. The Morgan fingerprint density at radius 3 is 2.19 bits per heavy atom. The average Bonchev–Trinajstić information content (AvgIpc) is 2.68. The summed E-state index contributed by atoms with van der Waals surface area (Å²) in [6.45, 7) is 5.16. The van der Waals surface area contributed by atoms with Crippen LogP contribution in [0.4, 0.5) is 0 Å². The SMILES string of the molecule is Cc1ccc(S[C@@H](C)C(=O)O[C@H](C)C(=O)NNC(=O)c2ccccc2)cc1. The largest absolute Gasteiger partial charge is 0.452 e. The predicted octanol–water partition coefficient (Wildman–Crippen LogP) is 2.87. The van der Waals surface area contributed by atoms with Crippen molar-refractivity contribution in [3.05, 3.63) is 65.7 Å². The highest BCUT2D eigenvalue weighted by Crippen LogP contribution is 2.24. The number of nitrogens with one attached hydrogen (secondary N) is 2. The molecule has 0 fully saturated rings. The fourth-order valence-electron chi connectivity index (χ4n) is 2.07. The smallest absolute Gasteiger partial charge is 0.319 e. The maximum atomic E-state index is 12.2. The van der Waals surface area contributed by atoms with Crippen molar-refractivity contribution in [3.63, 3.8) is 0 Å². The first kappa shape index (κ1) is 20.5. The van der Waals surface area contributed by atoms with Gasteiger partial charge >= 0.3 is 5.97 Å². The summed E-state index contributed by atoms with van der Waals surface area (Å²) >= 11 is 1.35. The fourth-order valence-corrected chi connectivity index (χ4v) is 2.93. The third-order valence-corrected chi connectivity index (χ3v) is 4.75. The number of rotatable bonds is 6. The minimum atomic E-state index is -1.03. The Hall–Kier alpha value is -2.80. The molecule has 2 amide bonds. The van der Waals surface area contributed by atoms with Crippen LogP contribution in [-0.4, -0.2) is 29.1 Å². The summed E-state index contributed by atoms with van der Waals surface area (Å²) in [4.78, 5) is 37.0. The Morgan fingerprint density at radius 2 is 1.56 bits per heavy atom. The molecular formula is C20H22N2O4S. The van der Waals surface area contributed by atoms with E-state index >= 15 is 0 Å². The highest BCUT2D eigenvalue weighted by atomic mass is 32.2. The lowest BCUT2D eigenvalue weighted by molar-refractivity contribution is -0.154. The molecule has 0 aliphatic rings. The Morgan fingerprint density at radius 1 is 0.926 bits per heavy atom. The predicted molar refractivity (Wildman–Crippen MR) is 104 cm³/mol. The first-order valence-corrected chi connectivity index (χ1v) is 9.34. The number of thioether (sulfide) groups is 1. The van der Waals surface area contributed by atoms with Crippen LogP contribution >= 0.6 is 11.8 Å². The molecule has 0 spiro atoms. The van der Waals surface area contributed by atoms with Gasteiger partial charge in [-0.15, -0.1) is 11.8 Å². The summed E-state index contributed by atoms with van der Waals surface area (Å²) in [6, 6.07) is 16.2. The Bertz CT molecular complexity index is 793. The monoisotopic (exact) mass is 386 g/mol. The minimum absolute atomic E-state index is 0.408. The molecule has 0 aliphatic heterocycles. The molecule has 6 nitrogen and oxygen atoms in total. The second kappa shape index (κ2) is 9.78. The zero-order valence-corrected chi connectivity index (χ0v) is 16.2. The van der Waals surface area contributed by atoms with E-state index in [4.69, 9.17) is 4.74 Å². The lowest BCUT2D eigenvalue weighted by atomic mass is 10.2. The summed E-state index contributed by atoms with van der Waals surface area (Å²) in [5.41, 5.74) is 6.10. The van der Waals surface area contributed by atoms with E-state index in [1.165, 1.54) is 18.7 Å². The molecule has 0 heterocycles. The molecule has 2 rings (SSSR count). The van der Waals surface area contributed by atoms with Gasteiger partial charge in [0, 0.05) is 10.5 Å². The average molecular weight is 386 g/mol. The standard InChI is InChI=1S/C20H22N2O4S/c1-13-9-11-17(12-10-13)27-15(3)20(25)26-14(2)18(23)21-22-19(24)16-7-5-4-6-8-16/h4-12,14-15H,1-3H3,(H,21,23)(H,22,24)/t14-,15+/m1/s1. The second-order valence-corrected chi connectivity index (χ2v) is 7.38. The van der Waals surface area contributed by atoms with Crippen molar-refractivity contribution in [1.82, 2.24) is 10.9 Å². The molecule has 2 aromatic carbocycles. The number of carbonyl (C=O) groups is 3. The number of aryl methyl sites for hydroxylation is 1. The molecule has 0 bridgehead atoms. The van der Waals surface area contributed by atoms with Gasteiger partial charge in [-0.1, -0.05) is 35.9 Å². The van der Waals surface area contributed by atoms with Gasteiger partial charge in [-0.3, -0.25) is 25.2 Å². The van der Waals surface area contributed by atoms with E-state index in [1.54, 1.807) is 37.3 Å². The number of esters is 1.